The molecule has 0 aliphatic carbocycles. The number of benzene rings is 2. The Labute approximate surface area is 143 Å². The summed E-state index contributed by atoms with van der Waals surface area (Å²) < 4.78 is 5.92. The fourth-order valence-corrected chi connectivity index (χ4v) is 2.94. The van der Waals surface area contributed by atoms with Crippen LogP contribution in [0.1, 0.15) is 22.8 Å². The molecular formula is C20H24N2O2. The van der Waals surface area contributed by atoms with E-state index in [1.54, 1.807) is 0 Å². The third-order valence-corrected chi connectivity index (χ3v) is 4.46. The minimum Gasteiger partial charge on any atom is -0.488 e. The molecule has 0 aromatic heterocycles. The molecule has 0 bridgehead atoms. The Morgan fingerprint density at radius 3 is 2.33 bits per heavy atom. The second kappa shape index (κ2) is 7.97. The standard InChI is InChI=1S/C20H24N2O2/c1-2-21-12-14-22(15-13-21)20(23)18-10-6-7-11-19(18)24-16-17-8-4-3-5-9-17/h3-11H,2,12-16H2,1H3. The monoisotopic (exact) mass is 324 g/mol. The maximum atomic E-state index is 12.9. The van der Waals surface area contributed by atoms with Crippen LogP contribution < -0.4 is 4.74 Å². The number of nitrogens with zero attached hydrogens (tertiary/aromatic N) is 2. The van der Waals surface area contributed by atoms with Gasteiger partial charge in [-0.1, -0.05) is 49.4 Å². The molecule has 2 aromatic carbocycles. The van der Waals surface area contributed by atoms with Gasteiger partial charge in [-0.05, 0) is 24.2 Å². The lowest BCUT2D eigenvalue weighted by Crippen LogP contribution is -2.48. The normalized spacial score (nSPS) is 15.3. The average Bonchev–Trinajstić information content (AvgIpc) is 2.67. The summed E-state index contributed by atoms with van der Waals surface area (Å²) in [7, 11) is 0. The zero-order valence-electron chi connectivity index (χ0n) is 14.1. The summed E-state index contributed by atoms with van der Waals surface area (Å²) in [6.07, 6.45) is 0. The van der Waals surface area contributed by atoms with Gasteiger partial charge in [0.15, 0.2) is 0 Å². The smallest absolute Gasteiger partial charge is 0.257 e. The first-order chi connectivity index (χ1) is 11.8. The molecule has 1 saturated heterocycles. The Kier molecular flexibility index (Phi) is 5.49. The first kappa shape index (κ1) is 16.5. The third-order valence-electron chi connectivity index (χ3n) is 4.46. The number of rotatable bonds is 5. The minimum absolute atomic E-state index is 0.0643. The fourth-order valence-electron chi connectivity index (χ4n) is 2.94. The van der Waals surface area contributed by atoms with Gasteiger partial charge in [-0.25, -0.2) is 0 Å². The highest BCUT2D eigenvalue weighted by Gasteiger charge is 2.23. The lowest BCUT2D eigenvalue weighted by atomic mass is 10.1. The van der Waals surface area contributed by atoms with Crippen molar-refractivity contribution in [3.8, 4) is 5.75 Å². The summed E-state index contributed by atoms with van der Waals surface area (Å²) in [6.45, 7) is 7.10. The van der Waals surface area contributed by atoms with Crippen molar-refractivity contribution in [1.29, 1.82) is 0 Å². The molecule has 1 aliphatic rings. The first-order valence-corrected chi connectivity index (χ1v) is 8.55. The molecular weight excluding hydrogens is 300 g/mol. The van der Waals surface area contributed by atoms with Crippen molar-refractivity contribution in [3.63, 3.8) is 0 Å². The van der Waals surface area contributed by atoms with Crippen LogP contribution in [-0.2, 0) is 6.61 Å². The second-order valence-corrected chi connectivity index (χ2v) is 6.00. The van der Waals surface area contributed by atoms with Gasteiger partial charge in [0.2, 0.25) is 0 Å². The molecule has 0 saturated carbocycles. The molecule has 1 aliphatic heterocycles. The summed E-state index contributed by atoms with van der Waals surface area (Å²) in [4.78, 5) is 17.1. The predicted octanol–water partition coefficient (Wildman–Crippen LogP) is 3.04. The zero-order chi connectivity index (χ0) is 16.8. The van der Waals surface area contributed by atoms with Crippen molar-refractivity contribution in [2.45, 2.75) is 13.5 Å². The van der Waals surface area contributed by atoms with Crippen LogP contribution in [0.25, 0.3) is 0 Å². The molecule has 0 unspecified atom stereocenters. The summed E-state index contributed by atoms with van der Waals surface area (Å²) in [5, 5.41) is 0. The molecule has 1 fully saturated rings. The molecule has 0 radical (unpaired) electrons. The van der Waals surface area contributed by atoms with Crippen LogP contribution in [0, 0.1) is 0 Å². The van der Waals surface area contributed by atoms with Crippen LogP contribution in [-0.4, -0.2) is 48.4 Å². The highest BCUT2D eigenvalue weighted by molar-refractivity contribution is 5.97. The number of likely N-dealkylation sites (N-methyl/N-ethyl adjacent to an activating group) is 1. The molecule has 24 heavy (non-hydrogen) atoms. The van der Waals surface area contributed by atoms with E-state index < -0.39 is 0 Å². The van der Waals surface area contributed by atoms with E-state index in [1.165, 1.54) is 0 Å². The molecule has 126 valence electrons. The van der Waals surface area contributed by atoms with Crippen molar-refractivity contribution in [1.82, 2.24) is 9.80 Å². The Bertz CT molecular complexity index is 664. The summed E-state index contributed by atoms with van der Waals surface area (Å²) in [5.74, 6) is 0.721. The first-order valence-electron chi connectivity index (χ1n) is 8.55. The summed E-state index contributed by atoms with van der Waals surface area (Å²) >= 11 is 0. The van der Waals surface area contributed by atoms with Crippen molar-refractivity contribution >= 4 is 5.91 Å². The SMILES string of the molecule is CCN1CCN(C(=O)c2ccccc2OCc2ccccc2)CC1. The molecule has 0 atom stereocenters. The topological polar surface area (TPSA) is 32.8 Å². The molecule has 1 heterocycles. The van der Waals surface area contributed by atoms with Gasteiger partial charge in [0.25, 0.3) is 5.91 Å². The van der Waals surface area contributed by atoms with E-state index in [4.69, 9.17) is 4.74 Å². The maximum absolute atomic E-state index is 12.9. The van der Waals surface area contributed by atoms with Crippen LogP contribution in [0.3, 0.4) is 0 Å². The highest BCUT2D eigenvalue weighted by Crippen LogP contribution is 2.22. The van der Waals surface area contributed by atoms with Gasteiger partial charge in [0, 0.05) is 26.2 Å². The quantitative estimate of drug-likeness (QED) is 0.847. The number of carbonyl (C=O) groups excluding carboxylic acids is 1. The van der Waals surface area contributed by atoms with E-state index in [-0.39, 0.29) is 5.91 Å². The lowest BCUT2D eigenvalue weighted by Gasteiger charge is -2.34. The second-order valence-electron chi connectivity index (χ2n) is 6.00. The van der Waals surface area contributed by atoms with Gasteiger partial charge in [0.1, 0.15) is 12.4 Å². The number of amides is 1. The molecule has 4 nitrogen and oxygen atoms in total. The van der Waals surface area contributed by atoms with E-state index in [9.17, 15) is 4.79 Å². The molecule has 1 amide bonds. The highest BCUT2D eigenvalue weighted by atomic mass is 16.5. The Balaban J connectivity index is 1.68. The largest absolute Gasteiger partial charge is 0.488 e. The van der Waals surface area contributed by atoms with Crippen molar-refractivity contribution in [3.05, 3.63) is 65.7 Å². The van der Waals surface area contributed by atoms with Gasteiger partial charge in [0.05, 0.1) is 5.56 Å². The van der Waals surface area contributed by atoms with E-state index in [2.05, 4.69) is 11.8 Å². The van der Waals surface area contributed by atoms with E-state index in [1.807, 2.05) is 59.5 Å². The summed E-state index contributed by atoms with van der Waals surface area (Å²) in [5.41, 5.74) is 1.75. The molecule has 0 N–H and O–H groups in total. The molecule has 2 aromatic rings. The van der Waals surface area contributed by atoms with E-state index >= 15 is 0 Å². The summed E-state index contributed by atoms with van der Waals surface area (Å²) in [6, 6.07) is 17.5. The van der Waals surface area contributed by atoms with Crippen LogP contribution >= 0.6 is 0 Å². The Hall–Kier alpha value is -2.33. The van der Waals surface area contributed by atoms with Crippen molar-refractivity contribution < 1.29 is 9.53 Å². The number of hydrogen-bond acceptors (Lipinski definition) is 3. The molecule has 4 heteroatoms. The van der Waals surface area contributed by atoms with Gasteiger partial charge < -0.3 is 14.5 Å². The van der Waals surface area contributed by atoms with E-state index in [0.717, 1.165) is 38.3 Å². The average molecular weight is 324 g/mol. The molecule has 0 spiro atoms. The molecule has 3 rings (SSSR count). The Morgan fingerprint density at radius 2 is 1.62 bits per heavy atom. The number of para-hydroxylation sites is 1. The minimum atomic E-state index is 0.0643. The van der Waals surface area contributed by atoms with Crippen molar-refractivity contribution in [2.75, 3.05) is 32.7 Å². The van der Waals surface area contributed by atoms with E-state index in [0.29, 0.717) is 17.9 Å². The number of piperazine rings is 1. The van der Waals surface area contributed by atoms with Gasteiger partial charge in [-0.15, -0.1) is 0 Å². The zero-order valence-corrected chi connectivity index (χ0v) is 14.1. The fraction of sp³-hybridized carbons (Fsp3) is 0.350. The predicted molar refractivity (Wildman–Crippen MR) is 95.2 cm³/mol. The lowest BCUT2D eigenvalue weighted by molar-refractivity contribution is 0.0639. The number of carbonyl (C=O) groups is 1. The van der Waals surface area contributed by atoms with Crippen molar-refractivity contribution in [2.24, 2.45) is 0 Å². The van der Waals surface area contributed by atoms with Crippen LogP contribution in [0.5, 0.6) is 5.75 Å². The van der Waals surface area contributed by atoms with Gasteiger partial charge in [-0.2, -0.15) is 0 Å². The number of ether oxygens (including phenoxy) is 1. The Morgan fingerprint density at radius 1 is 0.958 bits per heavy atom. The van der Waals surface area contributed by atoms with Gasteiger partial charge >= 0.3 is 0 Å². The number of hydrogen-bond donors (Lipinski definition) is 0. The van der Waals surface area contributed by atoms with Gasteiger partial charge in [-0.3, -0.25) is 4.79 Å². The maximum Gasteiger partial charge on any atom is 0.257 e. The van der Waals surface area contributed by atoms with Crippen LogP contribution in [0.2, 0.25) is 0 Å². The third kappa shape index (κ3) is 3.95. The van der Waals surface area contributed by atoms with Crippen LogP contribution in [0.4, 0.5) is 0 Å². The van der Waals surface area contributed by atoms with Crippen LogP contribution in [0.15, 0.2) is 54.6 Å².